The first kappa shape index (κ1) is 23.1. The van der Waals surface area contributed by atoms with E-state index in [1.165, 1.54) is 22.5 Å². The summed E-state index contributed by atoms with van der Waals surface area (Å²) in [5.41, 5.74) is 0.338. The third kappa shape index (κ3) is 6.17. The predicted molar refractivity (Wildman–Crippen MR) is 114 cm³/mol. The molecule has 0 spiro atoms. The fourth-order valence-corrected chi connectivity index (χ4v) is 5.12. The Labute approximate surface area is 174 Å². The Morgan fingerprint density at radius 3 is 2.50 bits per heavy atom. The maximum Gasteiger partial charge on any atom is 0.243 e. The van der Waals surface area contributed by atoms with E-state index in [2.05, 4.69) is 31.0 Å². The van der Waals surface area contributed by atoms with E-state index in [1.807, 2.05) is 7.05 Å². The number of amides is 1. The number of sulfonamides is 1. The Morgan fingerprint density at radius 2 is 1.89 bits per heavy atom. The van der Waals surface area contributed by atoms with Crippen LogP contribution in [0.1, 0.15) is 46.5 Å². The van der Waals surface area contributed by atoms with Gasteiger partial charge < -0.3 is 10.2 Å². The molecule has 1 heterocycles. The first-order valence-corrected chi connectivity index (χ1v) is 11.7. The van der Waals surface area contributed by atoms with Gasteiger partial charge in [-0.3, -0.25) is 4.79 Å². The molecule has 1 aromatic carbocycles. The number of hydrogen-bond donors (Lipinski definition) is 1. The lowest BCUT2D eigenvalue weighted by molar-refractivity contribution is -0.116. The summed E-state index contributed by atoms with van der Waals surface area (Å²) >= 11 is 6.19. The summed E-state index contributed by atoms with van der Waals surface area (Å²) in [5, 5.41) is 3.10. The van der Waals surface area contributed by atoms with Crippen LogP contribution >= 0.6 is 11.6 Å². The largest absolute Gasteiger partial charge is 0.325 e. The highest BCUT2D eigenvalue weighted by molar-refractivity contribution is 7.89. The van der Waals surface area contributed by atoms with Crippen LogP contribution in [0, 0.1) is 5.92 Å². The number of anilines is 1. The summed E-state index contributed by atoms with van der Waals surface area (Å²) in [4.78, 5) is 14.7. The molecule has 0 radical (unpaired) electrons. The first-order valence-electron chi connectivity index (χ1n) is 9.91. The van der Waals surface area contributed by atoms with E-state index in [-0.39, 0.29) is 10.8 Å². The van der Waals surface area contributed by atoms with Crippen LogP contribution in [0.5, 0.6) is 0 Å². The van der Waals surface area contributed by atoms with Crippen LogP contribution in [-0.2, 0) is 14.8 Å². The van der Waals surface area contributed by atoms with Crippen molar-refractivity contribution in [2.75, 3.05) is 32.0 Å². The minimum atomic E-state index is -3.55. The fourth-order valence-electron chi connectivity index (χ4n) is 3.41. The van der Waals surface area contributed by atoms with E-state index < -0.39 is 10.0 Å². The molecule has 0 bridgehead atoms. The van der Waals surface area contributed by atoms with Gasteiger partial charge in [0.15, 0.2) is 0 Å². The number of hydrogen-bond acceptors (Lipinski definition) is 4. The summed E-state index contributed by atoms with van der Waals surface area (Å²) in [7, 11) is -1.54. The quantitative estimate of drug-likeness (QED) is 0.647. The van der Waals surface area contributed by atoms with E-state index in [0.29, 0.717) is 48.7 Å². The average Bonchev–Trinajstić information content (AvgIpc) is 3.16. The number of carbonyl (C=O) groups excluding carboxylic acids is 1. The topological polar surface area (TPSA) is 69.7 Å². The van der Waals surface area contributed by atoms with E-state index in [1.54, 1.807) is 0 Å². The van der Waals surface area contributed by atoms with E-state index in [9.17, 15) is 13.2 Å². The summed E-state index contributed by atoms with van der Waals surface area (Å²) in [5.74, 6) is 0.423. The second kappa shape index (κ2) is 10.1. The van der Waals surface area contributed by atoms with Gasteiger partial charge in [-0.15, -0.1) is 0 Å². The Bertz CT molecular complexity index is 777. The fraction of sp³-hybridized carbons (Fsp3) is 0.650. The van der Waals surface area contributed by atoms with Gasteiger partial charge in [-0.1, -0.05) is 25.4 Å². The highest BCUT2D eigenvalue weighted by atomic mass is 35.5. The van der Waals surface area contributed by atoms with Crippen LogP contribution in [0.15, 0.2) is 23.1 Å². The maximum absolute atomic E-state index is 12.7. The molecule has 28 heavy (non-hydrogen) atoms. The second-order valence-electron chi connectivity index (χ2n) is 8.01. The van der Waals surface area contributed by atoms with Crippen molar-refractivity contribution in [3.8, 4) is 0 Å². The molecule has 1 aromatic rings. The Kier molecular flexibility index (Phi) is 8.30. The minimum absolute atomic E-state index is 0.164. The van der Waals surface area contributed by atoms with Gasteiger partial charge in [-0.25, -0.2) is 8.42 Å². The zero-order valence-electron chi connectivity index (χ0n) is 17.2. The second-order valence-corrected chi connectivity index (χ2v) is 10.4. The van der Waals surface area contributed by atoms with Gasteiger partial charge in [0.25, 0.3) is 0 Å². The molecule has 1 N–H and O–H groups in total. The van der Waals surface area contributed by atoms with Crippen molar-refractivity contribution in [3.63, 3.8) is 0 Å². The molecule has 6 nitrogen and oxygen atoms in total. The van der Waals surface area contributed by atoms with Crippen LogP contribution in [0.4, 0.5) is 5.69 Å². The first-order chi connectivity index (χ1) is 13.1. The van der Waals surface area contributed by atoms with Gasteiger partial charge >= 0.3 is 0 Å². The molecule has 0 aromatic heterocycles. The highest BCUT2D eigenvalue weighted by Crippen LogP contribution is 2.28. The monoisotopic (exact) mass is 429 g/mol. The number of benzene rings is 1. The van der Waals surface area contributed by atoms with Crippen molar-refractivity contribution >= 4 is 33.2 Å². The molecule has 158 valence electrons. The molecule has 1 unspecified atom stereocenters. The van der Waals surface area contributed by atoms with Gasteiger partial charge in [0, 0.05) is 32.1 Å². The molecular weight excluding hydrogens is 398 g/mol. The number of carbonyl (C=O) groups is 1. The Balaban J connectivity index is 2.00. The van der Waals surface area contributed by atoms with Crippen LogP contribution in [0.2, 0.25) is 5.02 Å². The maximum atomic E-state index is 12.7. The van der Waals surface area contributed by atoms with Gasteiger partial charge in [-0.05, 0) is 57.4 Å². The van der Waals surface area contributed by atoms with Crippen LogP contribution in [0.3, 0.4) is 0 Å². The van der Waals surface area contributed by atoms with Crippen LogP contribution in [-0.4, -0.2) is 56.3 Å². The smallest absolute Gasteiger partial charge is 0.243 e. The van der Waals surface area contributed by atoms with Crippen molar-refractivity contribution in [1.29, 1.82) is 0 Å². The molecule has 8 heteroatoms. The van der Waals surface area contributed by atoms with Crippen LogP contribution < -0.4 is 5.32 Å². The van der Waals surface area contributed by atoms with Crippen molar-refractivity contribution < 1.29 is 13.2 Å². The summed E-state index contributed by atoms with van der Waals surface area (Å²) in [6.07, 6.45) is 3.14. The summed E-state index contributed by atoms with van der Waals surface area (Å²) in [6, 6.07) is 4.87. The lowest BCUT2D eigenvalue weighted by atomic mass is 10.0. The van der Waals surface area contributed by atoms with Crippen molar-refractivity contribution in [2.45, 2.75) is 57.4 Å². The molecule has 1 aliphatic heterocycles. The van der Waals surface area contributed by atoms with Gasteiger partial charge in [-0.2, -0.15) is 4.31 Å². The zero-order valence-corrected chi connectivity index (χ0v) is 18.8. The molecule has 1 atom stereocenters. The van der Waals surface area contributed by atoms with E-state index >= 15 is 0 Å². The lowest BCUT2D eigenvalue weighted by Crippen LogP contribution is -2.33. The van der Waals surface area contributed by atoms with Gasteiger partial charge in [0.2, 0.25) is 15.9 Å². The number of rotatable bonds is 9. The third-order valence-electron chi connectivity index (χ3n) is 5.17. The SMILES string of the molecule is CC(C)CC(C)N(C)CCC(=O)Nc1cc(S(=O)(=O)N2CCCC2)ccc1Cl. The molecule has 1 saturated heterocycles. The average molecular weight is 430 g/mol. The Morgan fingerprint density at radius 1 is 1.25 bits per heavy atom. The molecule has 1 aliphatic rings. The number of nitrogens with zero attached hydrogens (tertiary/aromatic N) is 2. The van der Waals surface area contributed by atoms with Gasteiger partial charge in [0.05, 0.1) is 15.6 Å². The van der Waals surface area contributed by atoms with Crippen molar-refractivity contribution in [1.82, 2.24) is 9.21 Å². The molecule has 2 rings (SSSR count). The zero-order chi connectivity index (χ0) is 20.9. The lowest BCUT2D eigenvalue weighted by Gasteiger charge is -2.25. The third-order valence-corrected chi connectivity index (χ3v) is 7.40. The molecule has 1 amide bonds. The normalized spacial score (nSPS) is 16.7. The molecule has 1 fully saturated rings. The van der Waals surface area contributed by atoms with Crippen molar-refractivity contribution in [2.24, 2.45) is 5.92 Å². The van der Waals surface area contributed by atoms with Gasteiger partial charge in [0.1, 0.15) is 0 Å². The van der Waals surface area contributed by atoms with Crippen molar-refractivity contribution in [3.05, 3.63) is 23.2 Å². The number of halogens is 1. The standard InChI is InChI=1S/C20H32ClN3O3S/c1-15(2)13-16(3)23(4)12-9-20(25)22-19-14-17(7-8-18(19)21)28(26,27)24-10-5-6-11-24/h7-8,14-16H,5-6,9-13H2,1-4H3,(H,22,25). The van der Waals surface area contributed by atoms with E-state index in [4.69, 9.17) is 11.6 Å². The summed E-state index contributed by atoms with van der Waals surface area (Å²) in [6.45, 7) is 8.22. The van der Waals surface area contributed by atoms with Crippen LogP contribution in [0.25, 0.3) is 0 Å². The summed E-state index contributed by atoms with van der Waals surface area (Å²) < 4.78 is 26.9. The molecular formula is C20H32ClN3O3S. The molecule has 0 saturated carbocycles. The molecule has 0 aliphatic carbocycles. The minimum Gasteiger partial charge on any atom is -0.325 e. The highest BCUT2D eigenvalue weighted by Gasteiger charge is 2.27. The van der Waals surface area contributed by atoms with E-state index in [0.717, 1.165) is 19.3 Å². The Hall–Kier alpha value is -1.15. The number of nitrogens with one attached hydrogen (secondary N) is 1. The predicted octanol–water partition coefficient (Wildman–Crippen LogP) is 3.82.